The molecule has 0 fully saturated rings. The molecule has 0 bridgehead atoms. The summed E-state index contributed by atoms with van der Waals surface area (Å²) in [6.07, 6.45) is 0. The van der Waals surface area contributed by atoms with Crippen molar-refractivity contribution in [2.75, 3.05) is 11.1 Å². The van der Waals surface area contributed by atoms with Gasteiger partial charge in [0, 0.05) is 10.2 Å². The Bertz CT molecular complexity index is 791. The Kier molecular flexibility index (Phi) is 3.46. The molecule has 0 aliphatic heterocycles. The smallest absolute Gasteiger partial charge is 0.174 e. The van der Waals surface area contributed by atoms with Crippen LogP contribution in [0.2, 0.25) is 5.02 Å². The van der Waals surface area contributed by atoms with Gasteiger partial charge in [-0.05, 0) is 46.3 Å². The Balaban J connectivity index is 2.01. The van der Waals surface area contributed by atoms with Gasteiger partial charge in [0.05, 0.1) is 16.1 Å². The van der Waals surface area contributed by atoms with Crippen LogP contribution in [0, 0.1) is 0 Å². The molecule has 20 heavy (non-hydrogen) atoms. The third-order valence-electron chi connectivity index (χ3n) is 2.78. The van der Waals surface area contributed by atoms with Crippen molar-refractivity contribution in [1.29, 1.82) is 0 Å². The van der Waals surface area contributed by atoms with Gasteiger partial charge in [0.1, 0.15) is 0 Å². The predicted octanol–water partition coefficient (Wildman–Crippen LogP) is 4.37. The quantitative estimate of drug-likeness (QED) is 0.721. The van der Waals surface area contributed by atoms with Crippen LogP contribution in [0.5, 0.6) is 0 Å². The minimum absolute atomic E-state index is 0.350. The standard InChI is InChI=1S/C14H10BrClN4/c15-9-6-5-8(7-10(9)16)18-14-13(17)19-11-3-1-2-4-12(11)20-14/h1-7H,(H2,17,19)(H,18,20). The van der Waals surface area contributed by atoms with Crippen LogP contribution in [0.1, 0.15) is 0 Å². The van der Waals surface area contributed by atoms with E-state index in [0.29, 0.717) is 16.7 Å². The van der Waals surface area contributed by atoms with Crippen molar-refractivity contribution < 1.29 is 0 Å². The Morgan fingerprint density at radius 3 is 2.45 bits per heavy atom. The fourth-order valence-electron chi connectivity index (χ4n) is 1.82. The van der Waals surface area contributed by atoms with E-state index >= 15 is 0 Å². The van der Waals surface area contributed by atoms with Crippen LogP contribution < -0.4 is 11.1 Å². The molecule has 0 atom stereocenters. The zero-order valence-electron chi connectivity index (χ0n) is 10.3. The Morgan fingerprint density at radius 2 is 1.75 bits per heavy atom. The summed E-state index contributed by atoms with van der Waals surface area (Å²) < 4.78 is 0.835. The Morgan fingerprint density at radius 1 is 1.05 bits per heavy atom. The summed E-state index contributed by atoms with van der Waals surface area (Å²) in [5, 5.41) is 3.74. The van der Waals surface area contributed by atoms with Crippen LogP contribution in [0.15, 0.2) is 46.9 Å². The summed E-state index contributed by atoms with van der Waals surface area (Å²) in [7, 11) is 0. The molecule has 0 amide bonds. The lowest BCUT2D eigenvalue weighted by Crippen LogP contribution is -2.02. The third-order valence-corrected chi connectivity index (χ3v) is 4.01. The lowest BCUT2D eigenvalue weighted by molar-refractivity contribution is 1.29. The average Bonchev–Trinajstić information content (AvgIpc) is 2.44. The van der Waals surface area contributed by atoms with Gasteiger partial charge in [-0.3, -0.25) is 0 Å². The van der Waals surface area contributed by atoms with Crippen molar-refractivity contribution in [3.63, 3.8) is 0 Å². The van der Waals surface area contributed by atoms with Crippen molar-refractivity contribution in [1.82, 2.24) is 9.97 Å². The number of fused-ring (bicyclic) bond motifs is 1. The molecule has 1 heterocycles. The van der Waals surface area contributed by atoms with Crippen LogP contribution >= 0.6 is 27.5 Å². The molecule has 3 N–H and O–H groups in total. The van der Waals surface area contributed by atoms with Crippen molar-refractivity contribution in [2.45, 2.75) is 0 Å². The van der Waals surface area contributed by atoms with Crippen molar-refractivity contribution in [3.05, 3.63) is 52.0 Å². The van der Waals surface area contributed by atoms with Crippen molar-refractivity contribution in [3.8, 4) is 0 Å². The fourth-order valence-corrected chi connectivity index (χ4v) is 2.24. The monoisotopic (exact) mass is 348 g/mol. The van der Waals surface area contributed by atoms with Gasteiger partial charge in [-0.1, -0.05) is 23.7 Å². The number of nitrogen functional groups attached to an aromatic ring is 1. The van der Waals surface area contributed by atoms with Crippen LogP contribution in [0.4, 0.5) is 17.3 Å². The van der Waals surface area contributed by atoms with Crippen LogP contribution in [-0.4, -0.2) is 9.97 Å². The summed E-state index contributed by atoms with van der Waals surface area (Å²) in [5.41, 5.74) is 8.28. The molecule has 2 aromatic carbocycles. The predicted molar refractivity (Wildman–Crippen MR) is 86.4 cm³/mol. The molecule has 0 spiro atoms. The molecule has 0 radical (unpaired) electrons. The summed E-state index contributed by atoms with van der Waals surface area (Å²) in [6, 6.07) is 13.1. The number of nitrogens with one attached hydrogen (secondary N) is 1. The number of benzene rings is 2. The molecular formula is C14H10BrClN4. The second kappa shape index (κ2) is 5.26. The van der Waals surface area contributed by atoms with E-state index in [-0.39, 0.29) is 0 Å². The number of hydrogen-bond acceptors (Lipinski definition) is 4. The van der Waals surface area contributed by atoms with Gasteiger partial charge in [0.2, 0.25) is 0 Å². The van der Waals surface area contributed by atoms with Gasteiger partial charge in [0.15, 0.2) is 11.6 Å². The third kappa shape index (κ3) is 2.55. The van der Waals surface area contributed by atoms with Crippen LogP contribution in [-0.2, 0) is 0 Å². The molecule has 0 aliphatic rings. The zero-order valence-corrected chi connectivity index (χ0v) is 12.6. The van der Waals surface area contributed by atoms with E-state index in [0.717, 1.165) is 21.2 Å². The van der Waals surface area contributed by atoms with Crippen molar-refractivity contribution >= 4 is 55.9 Å². The number of nitrogens with zero attached hydrogens (tertiary/aromatic N) is 2. The van der Waals surface area contributed by atoms with Gasteiger partial charge in [0.25, 0.3) is 0 Å². The first-order valence-corrected chi connectivity index (χ1v) is 7.05. The van der Waals surface area contributed by atoms with E-state index in [1.165, 1.54) is 0 Å². The van der Waals surface area contributed by atoms with E-state index < -0.39 is 0 Å². The zero-order chi connectivity index (χ0) is 14.1. The molecule has 6 heteroatoms. The first kappa shape index (κ1) is 13.1. The fraction of sp³-hybridized carbons (Fsp3) is 0. The highest BCUT2D eigenvalue weighted by molar-refractivity contribution is 9.10. The second-order valence-electron chi connectivity index (χ2n) is 4.20. The molecule has 0 aliphatic carbocycles. The molecular weight excluding hydrogens is 340 g/mol. The first-order chi connectivity index (χ1) is 9.63. The van der Waals surface area contributed by atoms with Crippen molar-refractivity contribution in [2.24, 2.45) is 0 Å². The largest absolute Gasteiger partial charge is 0.381 e. The van der Waals surface area contributed by atoms with Crippen LogP contribution in [0.25, 0.3) is 11.0 Å². The minimum atomic E-state index is 0.350. The van der Waals surface area contributed by atoms with E-state index in [2.05, 4.69) is 31.2 Å². The number of halogens is 2. The number of nitrogens with two attached hydrogens (primary N) is 1. The molecule has 4 nitrogen and oxygen atoms in total. The lowest BCUT2D eigenvalue weighted by Gasteiger charge is -2.09. The molecule has 0 unspecified atom stereocenters. The number of hydrogen-bond donors (Lipinski definition) is 2. The number of rotatable bonds is 2. The first-order valence-electron chi connectivity index (χ1n) is 5.88. The van der Waals surface area contributed by atoms with Gasteiger partial charge in [-0.25, -0.2) is 9.97 Å². The van der Waals surface area contributed by atoms with Gasteiger partial charge in [-0.15, -0.1) is 0 Å². The molecule has 3 aromatic rings. The minimum Gasteiger partial charge on any atom is -0.381 e. The van der Waals surface area contributed by atoms with Gasteiger partial charge >= 0.3 is 0 Å². The number of para-hydroxylation sites is 2. The molecule has 100 valence electrons. The molecule has 0 saturated heterocycles. The lowest BCUT2D eigenvalue weighted by atomic mass is 10.3. The van der Waals surface area contributed by atoms with E-state index in [1.54, 1.807) is 6.07 Å². The summed E-state index contributed by atoms with van der Waals surface area (Å²) in [6.45, 7) is 0. The maximum atomic E-state index is 6.06. The summed E-state index contributed by atoms with van der Waals surface area (Å²) in [4.78, 5) is 8.79. The number of anilines is 3. The van der Waals surface area contributed by atoms with Gasteiger partial charge < -0.3 is 11.1 Å². The van der Waals surface area contributed by atoms with E-state index in [4.69, 9.17) is 17.3 Å². The highest BCUT2D eigenvalue weighted by atomic mass is 79.9. The molecule has 3 rings (SSSR count). The average molecular weight is 350 g/mol. The van der Waals surface area contributed by atoms with E-state index in [9.17, 15) is 0 Å². The summed E-state index contributed by atoms with van der Waals surface area (Å²) >= 11 is 9.41. The summed E-state index contributed by atoms with van der Waals surface area (Å²) in [5.74, 6) is 0.866. The topological polar surface area (TPSA) is 63.8 Å². The Hall–Kier alpha value is -1.85. The maximum absolute atomic E-state index is 6.06. The van der Waals surface area contributed by atoms with Gasteiger partial charge in [-0.2, -0.15) is 0 Å². The SMILES string of the molecule is Nc1nc2ccccc2nc1Nc1ccc(Br)c(Cl)c1. The Labute approximate surface area is 129 Å². The number of aromatic nitrogens is 2. The second-order valence-corrected chi connectivity index (χ2v) is 5.46. The normalized spacial score (nSPS) is 10.7. The highest BCUT2D eigenvalue weighted by Gasteiger charge is 2.07. The molecule has 1 aromatic heterocycles. The van der Waals surface area contributed by atoms with Crippen LogP contribution in [0.3, 0.4) is 0 Å². The highest BCUT2D eigenvalue weighted by Crippen LogP contribution is 2.28. The molecule has 0 saturated carbocycles. The van der Waals surface area contributed by atoms with E-state index in [1.807, 2.05) is 36.4 Å². The maximum Gasteiger partial charge on any atom is 0.174 e.